The topological polar surface area (TPSA) is 68.5 Å². The second-order valence-corrected chi connectivity index (χ2v) is 7.88. The summed E-state index contributed by atoms with van der Waals surface area (Å²) in [7, 11) is 0. The van der Waals surface area contributed by atoms with Crippen molar-refractivity contribution >= 4 is 17.2 Å². The van der Waals surface area contributed by atoms with Crippen LogP contribution in [-0.2, 0) is 6.61 Å². The van der Waals surface area contributed by atoms with Gasteiger partial charge in [0.25, 0.3) is 5.91 Å². The number of hydrogen-bond acceptors (Lipinski definition) is 6. The maximum absolute atomic E-state index is 13.1. The van der Waals surface area contributed by atoms with Gasteiger partial charge in [-0.1, -0.05) is 5.16 Å². The second-order valence-electron chi connectivity index (χ2n) is 6.79. The van der Waals surface area contributed by atoms with E-state index in [4.69, 9.17) is 9.26 Å². The summed E-state index contributed by atoms with van der Waals surface area (Å²) >= 11 is 1.33. The van der Waals surface area contributed by atoms with Crippen LogP contribution in [0.15, 0.2) is 34.9 Å². The van der Waals surface area contributed by atoms with Crippen LogP contribution >= 0.6 is 11.3 Å². The molecular weight excluding hydrogens is 381 g/mol. The van der Waals surface area contributed by atoms with Crippen molar-refractivity contribution in [2.75, 3.05) is 6.54 Å². The van der Waals surface area contributed by atoms with Gasteiger partial charge in [0.2, 0.25) is 0 Å². The third-order valence-corrected chi connectivity index (χ3v) is 5.82. The molecule has 0 unspecified atom stereocenters. The Labute approximate surface area is 165 Å². The highest BCUT2D eigenvalue weighted by molar-refractivity contribution is 7.13. The fourth-order valence-corrected chi connectivity index (χ4v) is 4.30. The lowest BCUT2D eigenvalue weighted by Crippen LogP contribution is -2.30. The summed E-state index contributed by atoms with van der Waals surface area (Å²) in [6.07, 6.45) is 1.79. The molecule has 1 saturated heterocycles. The number of halogens is 1. The van der Waals surface area contributed by atoms with E-state index in [0.717, 1.165) is 24.3 Å². The van der Waals surface area contributed by atoms with Gasteiger partial charge in [-0.05, 0) is 51.0 Å². The minimum Gasteiger partial charge on any atom is -0.486 e. The number of aryl methyl sites for hydroxylation is 2. The number of hydrogen-bond donors (Lipinski definition) is 0. The zero-order chi connectivity index (χ0) is 19.7. The molecule has 0 radical (unpaired) electrons. The molecule has 1 aliphatic heterocycles. The van der Waals surface area contributed by atoms with Crippen LogP contribution in [-0.4, -0.2) is 27.5 Å². The minimum absolute atomic E-state index is 0.0421. The Morgan fingerprint density at radius 2 is 2.14 bits per heavy atom. The maximum Gasteiger partial charge on any atom is 0.266 e. The Morgan fingerprint density at radius 1 is 1.36 bits per heavy atom. The molecule has 3 heterocycles. The van der Waals surface area contributed by atoms with E-state index in [-0.39, 0.29) is 24.4 Å². The zero-order valence-electron chi connectivity index (χ0n) is 15.6. The third-order valence-electron chi connectivity index (χ3n) is 4.70. The number of benzene rings is 1. The summed E-state index contributed by atoms with van der Waals surface area (Å²) in [5.41, 5.74) is 1.50. The van der Waals surface area contributed by atoms with Crippen LogP contribution in [0.5, 0.6) is 5.75 Å². The van der Waals surface area contributed by atoms with E-state index >= 15 is 0 Å². The Morgan fingerprint density at radius 3 is 2.86 bits per heavy atom. The fourth-order valence-electron chi connectivity index (χ4n) is 3.36. The highest BCUT2D eigenvalue weighted by Crippen LogP contribution is 2.35. The highest BCUT2D eigenvalue weighted by atomic mass is 32.1. The largest absolute Gasteiger partial charge is 0.486 e. The Bertz CT molecular complexity index is 983. The normalized spacial score (nSPS) is 16.5. The molecule has 0 saturated carbocycles. The van der Waals surface area contributed by atoms with E-state index in [1.165, 1.54) is 23.5 Å². The SMILES string of the molecule is Cc1cc([C@H]2CCCN2C(=O)c2sc(COc3ccc(F)cc3)nc2C)on1. The van der Waals surface area contributed by atoms with Crippen molar-refractivity contribution in [2.24, 2.45) is 0 Å². The predicted octanol–water partition coefficient (Wildman–Crippen LogP) is 4.44. The second kappa shape index (κ2) is 7.71. The van der Waals surface area contributed by atoms with E-state index < -0.39 is 0 Å². The molecule has 6 nitrogen and oxygen atoms in total. The van der Waals surface area contributed by atoms with Gasteiger partial charge in [0.1, 0.15) is 28.1 Å². The van der Waals surface area contributed by atoms with Crippen molar-refractivity contribution in [1.82, 2.24) is 15.0 Å². The van der Waals surface area contributed by atoms with E-state index in [1.807, 2.05) is 24.8 Å². The first-order valence-electron chi connectivity index (χ1n) is 9.10. The van der Waals surface area contributed by atoms with Crippen LogP contribution in [0.3, 0.4) is 0 Å². The molecule has 0 spiro atoms. The number of carbonyl (C=O) groups is 1. The van der Waals surface area contributed by atoms with Crippen LogP contribution in [0.25, 0.3) is 0 Å². The first kappa shape index (κ1) is 18.6. The van der Waals surface area contributed by atoms with Gasteiger partial charge >= 0.3 is 0 Å². The van der Waals surface area contributed by atoms with Crippen molar-refractivity contribution in [1.29, 1.82) is 0 Å². The smallest absolute Gasteiger partial charge is 0.266 e. The molecule has 1 amide bonds. The van der Waals surface area contributed by atoms with Gasteiger partial charge in [-0.15, -0.1) is 11.3 Å². The molecule has 4 rings (SSSR count). The van der Waals surface area contributed by atoms with Crippen molar-refractivity contribution in [2.45, 2.75) is 39.3 Å². The zero-order valence-corrected chi connectivity index (χ0v) is 16.5. The number of aromatic nitrogens is 2. The molecule has 8 heteroatoms. The molecule has 1 aliphatic rings. The number of ether oxygens (including phenoxy) is 1. The summed E-state index contributed by atoms with van der Waals surface area (Å²) in [6.45, 7) is 4.61. The van der Waals surface area contributed by atoms with Crippen LogP contribution in [0.4, 0.5) is 4.39 Å². The number of amides is 1. The lowest BCUT2D eigenvalue weighted by Gasteiger charge is -2.22. The molecule has 0 aliphatic carbocycles. The van der Waals surface area contributed by atoms with Crippen LogP contribution in [0.1, 0.15) is 50.7 Å². The molecular formula is C20H20FN3O3S. The van der Waals surface area contributed by atoms with Crippen LogP contribution in [0.2, 0.25) is 0 Å². The van der Waals surface area contributed by atoms with Gasteiger partial charge in [0.05, 0.1) is 17.4 Å². The molecule has 3 aromatic rings. The molecule has 1 atom stereocenters. The quantitative estimate of drug-likeness (QED) is 0.632. The van der Waals surface area contributed by atoms with Gasteiger partial charge in [-0.3, -0.25) is 4.79 Å². The lowest BCUT2D eigenvalue weighted by atomic mass is 10.1. The molecule has 28 heavy (non-hydrogen) atoms. The van der Waals surface area contributed by atoms with Crippen LogP contribution < -0.4 is 4.74 Å². The molecule has 0 bridgehead atoms. The monoisotopic (exact) mass is 401 g/mol. The average molecular weight is 401 g/mol. The van der Waals surface area contributed by atoms with Gasteiger partial charge in [0, 0.05) is 12.6 Å². The van der Waals surface area contributed by atoms with Gasteiger partial charge in [0.15, 0.2) is 5.76 Å². The Kier molecular flexibility index (Phi) is 5.13. The van der Waals surface area contributed by atoms with Crippen molar-refractivity contribution < 1.29 is 18.4 Å². The number of carbonyl (C=O) groups excluding carboxylic acids is 1. The molecule has 2 aromatic heterocycles. The van der Waals surface area contributed by atoms with Crippen molar-refractivity contribution in [3.63, 3.8) is 0 Å². The molecule has 146 valence electrons. The molecule has 1 fully saturated rings. The maximum atomic E-state index is 13.1. The summed E-state index contributed by atoms with van der Waals surface area (Å²) in [6, 6.07) is 7.62. The number of rotatable bonds is 5. The van der Waals surface area contributed by atoms with E-state index in [9.17, 15) is 9.18 Å². The van der Waals surface area contributed by atoms with Crippen molar-refractivity contribution in [3.8, 4) is 5.75 Å². The van der Waals surface area contributed by atoms with Crippen LogP contribution in [0, 0.1) is 19.7 Å². The summed E-state index contributed by atoms with van der Waals surface area (Å²) in [4.78, 5) is 20.1. The van der Waals surface area contributed by atoms with E-state index in [1.54, 1.807) is 12.1 Å². The first-order chi connectivity index (χ1) is 13.5. The summed E-state index contributed by atoms with van der Waals surface area (Å²) < 4.78 is 24.0. The average Bonchev–Trinajstić information content (AvgIpc) is 3.40. The fraction of sp³-hybridized carbons (Fsp3) is 0.350. The number of thiazole rings is 1. The van der Waals surface area contributed by atoms with Gasteiger partial charge < -0.3 is 14.2 Å². The predicted molar refractivity (Wildman–Crippen MR) is 102 cm³/mol. The summed E-state index contributed by atoms with van der Waals surface area (Å²) in [5, 5.41) is 4.65. The highest BCUT2D eigenvalue weighted by Gasteiger charge is 2.34. The van der Waals surface area contributed by atoms with Gasteiger partial charge in [-0.2, -0.15) is 0 Å². The third kappa shape index (κ3) is 3.77. The number of nitrogens with zero attached hydrogens (tertiary/aromatic N) is 3. The van der Waals surface area contributed by atoms with Crippen molar-refractivity contribution in [3.05, 3.63) is 63.2 Å². The van der Waals surface area contributed by atoms with E-state index in [0.29, 0.717) is 27.9 Å². The molecule has 0 N–H and O–H groups in total. The molecule has 1 aromatic carbocycles. The Hall–Kier alpha value is -2.74. The first-order valence-corrected chi connectivity index (χ1v) is 9.92. The number of likely N-dealkylation sites (tertiary alicyclic amines) is 1. The minimum atomic E-state index is -0.313. The van der Waals surface area contributed by atoms with E-state index in [2.05, 4.69) is 10.1 Å². The standard InChI is InChI=1S/C20H20FN3O3S/c1-12-10-17(27-23-12)16-4-3-9-24(16)20(25)19-13(2)22-18(28-19)11-26-15-7-5-14(21)6-8-15/h5-8,10,16H,3-4,9,11H2,1-2H3/t16-/m1/s1. The Balaban J connectivity index is 1.47. The summed E-state index contributed by atoms with van der Waals surface area (Å²) in [5.74, 6) is 0.930. The van der Waals surface area contributed by atoms with Gasteiger partial charge in [-0.25, -0.2) is 9.37 Å². The lowest BCUT2D eigenvalue weighted by molar-refractivity contribution is 0.0718.